The zero-order valence-electron chi connectivity index (χ0n) is 25.7. The summed E-state index contributed by atoms with van der Waals surface area (Å²) in [7, 11) is 3.19. The van der Waals surface area contributed by atoms with Gasteiger partial charge in [0, 0.05) is 6.54 Å². The number of methoxy groups -OCH3 is 2. The molecule has 0 fully saturated rings. The zero-order chi connectivity index (χ0) is 30.7. The molecule has 0 bridgehead atoms. The van der Waals surface area contributed by atoms with Crippen LogP contribution in [0.2, 0.25) is 0 Å². The van der Waals surface area contributed by atoms with E-state index in [0.717, 1.165) is 35.1 Å². The predicted octanol–water partition coefficient (Wildman–Crippen LogP) is 6.79. The molecule has 5 rings (SSSR count). The van der Waals surface area contributed by atoms with Crippen LogP contribution in [0.25, 0.3) is 11.0 Å². The summed E-state index contributed by atoms with van der Waals surface area (Å²) in [5.41, 5.74) is 4.06. The molecule has 0 N–H and O–H groups in total. The van der Waals surface area contributed by atoms with E-state index in [1.54, 1.807) is 19.1 Å². The predicted molar refractivity (Wildman–Crippen MR) is 166 cm³/mol. The van der Waals surface area contributed by atoms with Gasteiger partial charge >= 0.3 is 0 Å². The van der Waals surface area contributed by atoms with Gasteiger partial charge in [0.25, 0.3) is 5.91 Å². The van der Waals surface area contributed by atoms with E-state index < -0.39 is 6.04 Å². The van der Waals surface area contributed by atoms with Gasteiger partial charge in [0.1, 0.15) is 5.58 Å². The van der Waals surface area contributed by atoms with Crippen molar-refractivity contribution < 1.29 is 28.2 Å². The van der Waals surface area contributed by atoms with E-state index in [1.165, 1.54) is 0 Å². The first kappa shape index (κ1) is 30.0. The Labute approximate surface area is 252 Å². The van der Waals surface area contributed by atoms with Crippen molar-refractivity contribution in [1.29, 1.82) is 0 Å². The standard InChI is InChI=1S/C35H39NO7/c1-7-9-16-42-26-13-11-24(20-28(26)41-8-2)32-31-33(37)30-22(4)17-21(3)18-29(30)43-34(31)35(38)36(32)15-14-23-10-12-25(39-5)27(19-23)40-6/h10-13,17-20,32H,7-9,14-16H2,1-6H3. The van der Waals surface area contributed by atoms with Crippen molar-refractivity contribution in [3.63, 3.8) is 0 Å². The van der Waals surface area contributed by atoms with Crippen molar-refractivity contribution in [2.45, 2.75) is 53.0 Å². The highest BCUT2D eigenvalue weighted by molar-refractivity contribution is 5.99. The van der Waals surface area contributed by atoms with Crippen molar-refractivity contribution in [2.24, 2.45) is 0 Å². The number of hydrogen-bond acceptors (Lipinski definition) is 7. The fourth-order valence-electron chi connectivity index (χ4n) is 5.79. The lowest BCUT2D eigenvalue weighted by Crippen LogP contribution is -2.31. The average Bonchev–Trinajstić information content (AvgIpc) is 3.27. The molecule has 8 nitrogen and oxygen atoms in total. The highest BCUT2D eigenvalue weighted by atomic mass is 16.5. The molecule has 0 saturated carbocycles. The minimum absolute atomic E-state index is 0.0843. The largest absolute Gasteiger partial charge is 0.493 e. The molecule has 2 heterocycles. The molecular weight excluding hydrogens is 546 g/mol. The number of rotatable bonds is 12. The van der Waals surface area contributed by atoms with E-state index in [1.807, 2.05) is 69.3 Å². The van der Waals surface area contributed by atoms with Gasteiger partial charge in [-0.05, 0) is 86.2 Å². The molecule has 0 aliphatic carbocycles. The van der Waals surface area contributed by atoms with E-state index in [0.29, 0.717) is 65.7 Å². The maximum atomic E-state index is 14.2. The second kappa shape index (κ2) is 12.8. The van der Waals surface area contributed by atoms with Gasteiger partial charge in [-0.2, -0.15) is 0 Å². The number of carbonyl (C=O) groups is 1. The number of unbranched alkanes of at least 4 members (excludes halogenated alkanes) is 1. The lowest BCUT2D eigenvalue weighted by molar-refractivity contribution is 0.0729. The monoisotopic (exact) mass is 585 g/mol. The third-order valence-electron chi connectivity index (χ3n) is 7.84. The van der Waals surface area contributed by atoms with Crippen LogP contribution >= 0.6 is 0 Å². The Morgan fingerprint density at radius 3 is 2.35 bits per heavy atom. The topological polar surface area (TPSA) is 87.4 Å². The van der Waals surface area contributed by atoms with Crippen molar-refractivity contribution in [2.75, 3.05) is 34.0 Å². The lowest BCUT2D eigenvalue weighted by Gasteiger charge is -2.26. The maximum absolute atomic E-state index is 14.2. The molecule has 0 spiro atoms. The van der Waals surface area contributed by atoms with Crippen LogP contribution in [-0.2, 0) is 6.42 Å². The third-order valence-corrected chi connectivity index (χ3v) is 7.84. The Balaban J connectivity index is 1.61. The van der Waals surface area contributed by atoms with E-state index in [4.69, 9.17) is 23.4 Å². The number of carbonyl (C=O) groups excluding carboxylic acids is 1. The van der Waals surface area contributed by atoms with Gasteiger partial charge in [0.15, 0.2) is 28.4 Å². The average molecular weight is 586 g/mol. The van der Waals surface area contributed by atoms with Gasteiger partial charge in [-0.15, -0.1) is 0 Å². The van der Waals surface area contributed by atoms with Crippen LogP contribution in [0.5, 0.6) is 23.0 Å². The van der Waals surface area contributed by atoms with Gasteiger partial charge in [-0.1, -0.05) is 31.5 Å². The second-order valence-corrected chi connectivity index (χ2v) is 10.8. The summed E-state index contributed by atoms with van der Waals surface area (Å²) in [4.78, 5) is 29.9. The Morgan fingerprint density at radius 1 is 0.860 bits per heavy atom. The van der Waals surface area contributed by atoms with E-state index in [-0.39, 0.29) is 17.1 Å². The normalized spacial score (nSPS) is 14.2. The van der Waals surface area contributed by atoms with Crippen molar-refractivity contribution in [3.8, 4) is 23.0 Å². The molecule has 1 aromatic heterocycles. The van der Waals surface area contributed by atoms with Crippen LogP contribution in [0, 0.1) is 13.8 Å². The molecule has 1 aliphatic heterocycles. The molecule has 3 aromatic carbocycles. The summed E-state index contributed by atoms with van der Waals surface area (Å²) < 4.78 is 29.1. The number of nitrogens with zero attached hydrogens (tertiary/aromatic N) is 1. The fraction of sp³-hybridized carbons (Fsp3) is 0.371. The van der Waals surface area contributed by atoms with E-state index >= 15 is 0 Å². The number of fused-ring (bicyclic) bond motifs is 2. The summed E-state index contributed by atoms with van der Waals surface area (Å²) in [5.74, 6) is 2.22. The van der Waals surface area contributed by atoms with Crippen LogP contribution in [0.4, 0.5) is 0 Å². The molecular formula is C35H39NO7. The molecule has 8 heteroatoms. The SMILES string of the molecule is CCCCOc1ccc(C2c3c(oc4cc(C)cc(C)c4c3=O)C(=O)N2CCc2ccc(OC)c(OC)c2)cc1OCC. The maximum Gasteiger partial charge on any atom is 0.290 e. The Hall–Kier alpha value is -4.46. The van der Waals surface area contributed by atoms with Gasteiger partial charge in [-0.25, -0.2) is 0 Å². The number of amides is 1. The third kappa shape index (κ3) is 5.78. The van der Waals surface area contributed by atoms with Crippen LogP contribution in [0.15, 0.2) is 57.7 Å². The molecule has 1 unspecified atom stereocenters. The summed E-state index contributed by atoms with van der Waals surface area (Å²) in [5, 5.41) is 0.494. The first-order chi connectivity index (χ1) is 20.8. The molecule has 0 saturated heterocycles. The van der Waals surface area contributed by atoms with Gasteiger partial charge in [0.2, 0.25) is 5.76 Å². The summed E-state index contributed by atoms with van der Waals surface area (Å²) >= 11 is 0. The smallest absolute Gasteiger partial charge is 0.290 e. The highest BCUT2D eigenvalue weighted by Crippen LogP contribution is 2.41. The van der Waals surface area contributed by atoms with Crippen LogP contribution in [0.1, 0.15) is 71.1 Å². The summed E-state index contributed by atoms with van der Waals surface area (Å²) in [6.45, 7) is 9.23. The molecule has 1 amide bonds. The van der Waals surface area contributed by atoms with Gasteiger partial charge in [0.05, 0.1) is 44.4 Å². The first-order valence-corrected chi connectivity index (χ1v) is 14.8. The van der Waals surface area contributed by atoms with Gasteiger partial charge < -0.3 is 28.3 Å². The van der Waals surface area contributed by atoms with Crippen LogP contribution < -0.4 is 24.4 Å². The quantitative estimate of drug-likeness (QED) is 0.169. The molecule has 43 heavy (non-hydrogen) atoms. The van der Waals surface area contributed by atoms with Gasteiger partial charge in [-0.3, -0.25) is 9.59 Å². The second-order valence-electron chi connectivity index (χ2n) is 10.8. The number of ether oxygens (including phenoxy) is 4. The lowest BCUT2D eigenvalue weighted by atomic mass is 9.96. The van der Waals surface area contributed by atoms with Crippen molar-refractivity contribution in [1.82, 2.24) is 4.90 Å². The summed E-state index contributed by atoms with van der Waals surface area (Å²) in [6.07, 6.45) is 2.47. The molecule has 4 aromatic rings. The van der Waals surface area contributed by atoms with Crippen LogP contribution in [-0.4, -0.2) is 44.8 Å². The number of hydrogen-bond donors (Lipinski definition) is 0. The highest BCUT2D eigenvalue weighted by Gasteiger charge is 2.43. The fourth-order valence-corrected chi connectivity index (χ4v) is 5.79. The number of benzene rings is 3. The first-order valence-electron chi connectivity index (χ1n) is 14.8. The Kier molecular flexibility index (Phi) is 8.94. The minimum Gasteiger partial charge on any atom is -0.493 e. The Bertz CT molecular complexity index is 1710. The molecule has 226 valence electrons. The van der Waals surface area contributed by atoms with Crippen LogP contribution in [0.3, 0.4) is 0 Å². The van der Waals surface area contributed by atoms with Crippen molar-refractivity contribution in [3.05, 3.63) is 92.3 Å². The van der Waals surface area contributed by atoms with Crippen molar-refractivity contribution >= 4 is 16.9 Å². The zero-order valence-corrected chi connectivity index (χ0v) is 25.7. The minimum atomic E-state index is -0.659. The molecule has 1 aliphatic rings. The molecule has 0 radical (unpaired) electrons. The summed E-state index contributed by atoms with van der Waals surface area (Å²) in [6, 6.07) is 14.5. The van der Waals surface area contributed by atoms with E-state index in [9.17, 15) is 9.59 Å². The number of aryl methyl sites for hydroxylation is 2. The van der Waals surface area contributed by atoms with E-state index in [2.05, 4.69) is 6.92 Å². The molecule has 1 atom stereocenters. The Morgan fingerprint density at radius 2 is 1.63 bits per heavy atom.